The molecule has 1 aromatic carbocycles. The molecule has 0 spiro atoms. The highest BCUT2D eigenvalue weighted by molar-refractivity contribution is 5.61. The van der Waals surface area contributed by atoms with Gasteiger partial charge in [0.2, 0.25) is 0 Å². The fraction of sp³-hybridized carbons (Fsp3) is 0.333. The van der Waals surface area contributed by atoms with Crippen LogP contribution in [0.4, 0.5) is 0 Å². The van der Waals surface area contributed by atoms with Crippen molar-refractivity contribution in [2.75, 3.05) is 7.11 Å². The van der Waals surface area contributed by atoms with Crippen molar-refractivity contribution in [1.82, 2.24) is 9.97 Å². The van der Waals surface area contributed by atoms with E-state index >= 15 is 0 Å². The van der Waals surface area contributed by atoms with Crippen molar-refractivity contribution >= 4 is 0 Å². The van der Waals surface area contributed by atoms with Gasteiger partial charge in [0.25, 0.3) is 0 Å². The largest absolute Gasteiger partial charge is 0.467 e. The van der Waals surface area contributed by atoms with Crippen LogP contribution in [0.15, 0.2) is 30.5 Å². The van der Waals surface area contributed by atoms with E-state index in [1.54, 1.807) is 13.3 Å². The second-order valence-corrected chi connectivity index (χ2v) is 4.62. The predicted octanol–water partition coefficient (Wildman–Crippen LogP) is 3.03. The van der Waals surface area contributed by atoms with Crippen LogP contribution in [0, 0.1) is 0 Å². The zero-order valence-corrected chi connectivity index (χ0v) is 10.5. The molecule has 1 aromatic heterocycles. The molecule has 0 unspecified atom stereocenters. The number of fused-ring (bicyclic) bond motifs is 1. The number of aromatic nitrogens is 2. The summed E-state index contributed by atoms with van der Waals surface area (Å²) >= 11 is 0. The van der Waals surface area contributed by atoms with E-state index in [0.717, 1.165) is 11.3 Å². The molecule has 0 amide bonds. The summed E-state index contributed by atoms with van der Waals surface area (Å²) in [5.74, 6) is 0. The van der Waals surface area contributed by atoms with Crippen molar-refractivity contribution in [3.05, 3.63) is 41.6 Å². The fourth-order valence-electron chi connectivity index (χ4n) is 2.49. The minimum absolute atomic E-state index is 0.422. The standard InChI is InChI=1S/C15H16N2O/c1-18-15-16-9-8-14(17-15)13-7-6-11-4-2-3-5-12(11)10-13/h6-10H,2-5H2,1H3. The first kappa shape index (κ1) is 11.2. The van der Waals surface area contributed by atoms with Crippen LogP contribution in [0.3, 0.4) is 0 Å². The van der Waals surface area contributed by atoms with Gasteiger partial charge in [-0.2, -0.15) is 4.98 Å². The van der Waals surface area contributed by atoms with Crippen LogP contribution >= 0.6 is 0 Å². The summed E-state index contributed by atoms with van der Waals surface area (Å²) in [5.41, 5.74) is 5.04. The van der Waals surface area contributed by atoms with Gasteiger partial charge in [0.05, 0.1) is 12.8 Å². The van der Waals surface area contributed by atoms with Crippen LogP contribution in [-0.2, 0) is 12.8 Å². The lowest BCUT2D eigenvalue weighted by molar-refractivity contribution is 0.380. The Bertz CT molecular complexity index is 566. The van der Waals surface area contributed by atoms with Gasteiger partial charge in [0.1, 0.15) is 0 Å². The van der Waals surface area contributed by atoms with Crippen molar-refractivity contribution in [3.63, 3.8) is 0 Å². The number of hydrogen-bond acceptors (Lipinski definition) is 3. The van der Waals surface area contributed by atoms with Crippen molar-refractivity contribution in [3.8, 4) is 17.3 Å². The third kappa shape index (κ3) is 2.08. The Morgan fingerprint density at radius 2 is 1.89 bits per heavy atom. The molecule has 1 aliphatic rings. The van der Waals surface area contributed by atoms with Gasteiger partial charge in [0.15, 0.2) is 0 Å². The highest BCUT2D eigenvalue weighted by Gasteiger charge is 2.11. The summed E-state index contributed by atoms with van der Waals surface area (Å²) in [6.45, 7) is 0. The molecule has 92 valence electrons. The molecule has 0 saturated heterocycles. The van der Waals surface area contributed by atoms with E-state index in [-0.39, 0.29) is 0 Å². The summed E-state index contributed by atoms with van der Waals surface area (Å²) in [4.78, 5) is 8.41. The molecule has 0 fully saturated rings. The zero-order chi connectivity index (χ0) is 12.4. The number of rotatable bonds is 2. The lowest BCUT2D eigenvalue weighted by Crippen LogP contribution is -2.02. The monoisotopic (exact) mass is 240 g/mol. The Balaban J connectivity index is 2.00. The third-order valence-corrected chi connectivity index (χ3v) is 3.46. The van der Waals surface area contributed by atoms with Gasteiger partial charge in [-0.05, 0) is 48.9 Å². The molecule has 0 radical (unpaired) electrons. The first-order valence-electron chi connectivity index (χ1n) is 6.36. The average molecular weight is 240 g/mol. The minimum atomic E-state index is 0.422. The number of nitrogens with zero attached hydrogens (tertiary/aromatic N) is 2. The maximum atomic E-state index is 5.07. The maximum Gasteiger partial charge on any atom is 0.316 e. The molecule has 0 atom stereocenters. The van der Waals surface area contributed by atoms with E-state index in [4.69, 9.17) is 4.74 Å². The molecule has 18 heavy (non-hydrogen) atoms. The SMILES string of the molecule is COc1nccc(-c2ccc3c(c2)CCCC3)n1. The second kappa shape index (κ2) is 4.77. The van der Waals surface area contributed by atoms with Gasteiger partial charge < -0.3 is 4.74 Å². The molecule has 0 N–H and O–H groups in total. The van der Waals surface area contributed by atoms with Gasteiger partial charge >= 0.3 is 6.01 Å². The van der Waals surface area contributed by atoms with Crippen LogP contribution < -0.4 is 4.74 Å². The molecular weight excluding hydrogens is 224 g/mol. The van der Waals surface area contributed by atoms with Crippen LogP contribution in [0.1, 0.15) is 24.0 Å². The summed E-state index contributed by atoms with van der Waals surface area (Å²) in [5, 5.41) is 0. The van der Waals surface area contributed by atoms with Gasteiger partial charge in [-0.1, -0.05) is 12.1 Å². The Hall–Kier alpha value is -1.90. The number of hydrogen-bond donors (Lipinski definition) is 0. The topological polar surface area (TPSA) is 35.0 Å². The molecular formula is C15H16N2O. The zero-order valence-electron chi connectivity index (χ0n) is 10.5. The lowest BCUT2D eigenvalue weighted by Gasteiger charge is -2.16. The predicted molar refractivity (Wildman–Crippen MR) is 70.7 cm³/mol. The van der Waals surface area contributed by atoms with E-state index in [9.17, 15) is 0 Å². The van der Waals surface area contributed by atoms with Gasteiger partial charge in [-0.25, -0.2) is 4.98 Å². The van der Waals surface area contributed by atoms with Crippen molar-refractivity contribution in [2.24, 2.45) is 0 Å². The van der Waals surface area contributed by atoms with Crippen molar-refractivity contribution in [2.45, 2.75) is 25.7 Å². The fourth-order valence-corrected chi connectivity index (χ4v) is 2.49. The molecule has 3 nitrogen and oxygen atoms in total. The van der Waals surface area contributed by atoms with Crippen LogP contribution in [0.2, 0.25) is 0 Å². The number of benzene rings is 1. The lowest BCUT2D eigenvalue weighted by atomic mass is 9.90. The number of ether oxygens (including phenoxy) is 1. The normalized spacial score (nSPS) is 14.1. The summed E-state index contributed by atoms with van der Waals surface area (Å²) in [7, 11) is 1.59. The average Bonchev–Trinajstić information content (AvgIpc) is 2.47. The van der Waals surface area contributed by atoms with Crippen LogP contribution in [0.25, 0.3) is 11.3 Å². The Morgan fingerprint density at radius 3 is 2.72 bits per heavy atom. The van der Waals surface area contributed by atoms with Gasteiger partial charge in [-0.3, -0.25) is 0 Å². The van der Waals surface area contributed by atoms with Crippen LogP contribution in [0.5, 0.6) is 6.01 Å². The van der Waals surface area contributed by atoms with Crippen molar-refractivity contribution in [1.29, 1.82) is 0 Å². The Kier molecular flexibility index (Phi) is 2.97. The van der Waals surface area contributed by atoms with Crippen LogP contribution in [-0.4, -0.2) is 17.1 Å². The molecule has 1 aliphatic carbocycles. The summed E-state index contributed by atoms with van der Waals surface area (Å²) in [6, 6.07) is 8.98. The molecule has 0 bridgehead atoms. The Morgan fingerprint density at radius 1 is 1.06 bits per heavy atom. The van der Waals surface area contributed by atoms with E-state index in [1.165, 1.54) is 36.8 Å². The van der Waals surface area contributed by atoms with Gasteiger partial charge in [0, 0.05) is 11.8 Å². The van der Waals surface area contributed by atoms with E-state index in [1.807, 2.05) is 6.07 Å². The summed E-state index contributed by atoms with van der Waals surface area (Å²) in [6.07, 6.45) is 6.74. The van der Waals surface area contributed by atoms with E-state index in [2.05, 4.69) is 28.2 Å². The second-order valence-electron chi connectivity index (χ2n) is 4.62. The summed E-state index contributed by atoms with van der Waals surface area (Å²) < 4.78 is 5.07. The van der Waals surface area contributed by atoms with Gasteiger partial charge in [-0.15, -0.1) is 0 Å². The van der Waals surface area contributed by atoms with E-state index < -0.39 is 0 Å². The first-order valence-corrected chi connectivity index (χ1v) is 6.36. The quantitative estimate of drug-likeness (QED) is 0.809. The molecule has 2 aromatic rings. The molecule has 1 heterocycles. The third-order valence-electron chi connectivity index (χ3n) is 3.46. The minimum Gasteiger partial charge on any atom is -0.467 e. The van der Waals surface area contributed by atoms with E-state index in [0.29, 0.717) is 6.01 Å². The Labute approximate surface area is 107 Å². The highest BCUT2D eigenvalue weighted by atomic mass is 16.5. The molecule has 3 heteroatoms. The number of methoxy groups -OCH3 is 1. The molecule has 0 saturated carbocycles. The molecule has 3 rings (SSSR count). The first-order chi connectivity index (χ1) is 8.86. The van der Waals surface area contributed by atoms with Crippen molar-refractivity contribution < 1.29 is 4.74 Å². The molecule has 0 aliphatic heterocycles. The maximum absolute atomic E-state index is 5.07. The number of aryl methyl sites for hydroxylation is 2. The smallest absolute Gasteiger partial charge is 0.316 e. The highest BCUT2D eigenvalue weighted by Crippen LogP contribution is 2.26.